The van der Waals surface area contributed by atoms with Gasteiger partial charge >= 0.3 is 0 Å². The molecular weight excluding hydrogens is 262 g/mol. The van der Waals surface area contributed by atoms with Crippen LogP contribution >= 0.6 is 0 Å². The monoisotopic (exact) mass is 281 g/mol. The maximum atomic E-state index is 12.2. The number of carbonyl (C=O) groups excluding carboxylic acids is 1. The summed E-state index contributed by atoms with van der Waals surface area (Å²) in [4.78, 5) is 13.9. The third kappa shape index (κ3) is 2.64. The summed E-state index contributed by atoms with van der Waals surface area (Å²) in [5.41, 5.74) is 3.52. The first kappa shape index (κ1) is 13.7. The fourth-order valence-corrected chi connectivity index (χ4v) is 2.96. The first-order valence-electron chi connectivity index (χ1n) is 7.17. The topological polar surface area (TPSA) is 29.5 Å². The molecule has 1 unspecified atom stereocenters. The minimum absolute atomic E-state index is 0.187. The number of amides is 1. The SMILES string of the molecule is COc1ccc(CC2CC(=O)N(C)c3ccccc32)cc1. The molecule has 1 aliphatic rings. The number of hydrogen-bond donors (Lipinski definition) is 0. The van der Waals surface area contributed by atoms with E-state index in [2.05, 4.69) is 18.2 Å². The molecule has 108 valence electrons. The minimum atomic E-state index is 0.187. The highest BCUT2D eigenvalue weighted by Gasteiger charge is 2.28. The number of carbonyl (C=O) groups is 1. The molecule has 3 nitrogen and oxygen atoms in total. The Labute approximate surface area is 125 Å². The maximum absolute atomic E-state index is 12.2. The number of ether oxygens (including phenoxy) is 1. The van der Waals surface area contributed by atoms with Crippen LogP contribution in [0.15, 0.2) is 48.5 Å². The van der Waals surface area contributed by atoms with E-state index in [0.717, 1.165) is 17.9 Å². The Morgan fingerprint density at radius 1 is 1.14 bits per heavy atom. The van der Waals surface area contributed by atoms with Crippen LogP contribution in [0, 0.1) is 0 Å². The number of anilines is 1. The molecule has 0 N–H and O–H groups in total. The van der Waals surface area contributed by atoms with Crippen molar-refractivity contribution in [1.82, 2.24) is 0 Å². The van der Waals surface area contributed by atoms with Gasteiger partial charge in [-0.15, -0.1) is 0 Å². The predicted octanol–water partition coefficient (Wildman–Crippen LogP) is 3.39. The van der Waals surface area contributed by atoms with Crippen LogP contribution in [0.2, 0.25) is 0 Å². The lowest BCUT2D eigenvalue weighted by Gasteiger charge is -2.31. The van der Waals surface area contributed by atoms with Gasteiger partial charge in [-0.05, 0) is 41.7 Å². The Kier molecular flexibility index (Phi) is 3.65. The molecule has 0 aromatic heterocycles. The summed E-state index contributed by atoms with van der Waals surface area (Å²) < 4.78 is 5.19. The second-order valence-electron chi connectivity index (χ2n) is 5.46. The summed E-state index contributed by atoms with van der Waals surface area (Å²) in [7, 11) is 3.52. The Bertz CT molecular complexity index is 649. The van der Waals surface area contributed by atoms with Crippen LogP contribution in [0.1, 0.15) is 23.5 Å². The van der Waals surface area contributed by atoms with Gasteiger partial charge in [0.25, 0.3) is 0 Å². The number of rotatable bonds is 3. The van der Waals surface area contributed by atoms with Crippen LogP contribution < -0.4 is 9.64 Å². The number of nitrogens with zero attached hydrogens (tertiary/aromatic N) is 1. The zero-order valence-corrected chi connectivity index (χ0v) is 12.4. The van der Waals surface area contributed by atoms with Crippen molar-refractivity contribution < 1.29 is 9.53 Å². The Morgan fingerprint density at radius 3 is 2.57 bits per heavy atom. The van der Waals surface area contributed by atoms with Gasteiger partial charge in [0, 0.05) is 19.2 Å². The van der Waals surface area contributed by atoms with Gasteiger partial charge in [0.2, 0.25) is 5.91 Å². The van der Waals surface area contributed by atoms with Crippen molar-refractivity contribution in [2.24, 2.45) is 0 Å². The molecule has 3 rings (SSSR count). The van der Waals surface area contributed by atoms with Crippen molar-refractivity contribution in [3.63, 3.8) is 0 Å². The zero-order valence-electron chi connectivity index (χ0n) is 12.4. The van der Waals surface area contributed by atoms with E-state index in [9.17, 15) is 4.79 Å². The molecule has 0 spiro atoms. The highest BCUT2D eigenvalue weighted by Crippen LogP contribution is 2.37. The van der Waals surface area contributed by atoms with Crippen molar-refractivity contribution in [2.45, 2.75) is 18.8 Å². The molecular formula is C18H19NO2. The highest BCUT2D eigenvalue weighted by atomic mass is 16.5. The molecule has 1 aliphatic heterocycles. The van der Waals surface area contributed by atoms with Crippen molar-refractivity contribution in [3.8, 4) is 5.75 Å². The van der Waals surface area contributed by atoms with E-state index in [-0.39, 0.29) is 11.8 Å². The molecule has 0 fully saturated rings. The fourth-order valence-electron chi connectivity index (χ4n) is 2.96. The van der Waals surface area contributed by atoms with Crippen LogP contribution in [0.3, 0.4) is 0 Å². The second kappa shape index (κ2) is 5.60. The zero-order chi connectivity index (χ0) is 14.8. The van der Waals surface area contributed by atoms with E-state index in [1.165, 1.54) is 11.1 Å². The summed E-state index contributed by atoms with van der Waals surface area (Å²) in [5, 5.41) is 0. The van der Waals surface area contributed by atoms with Crippen molar-refractivity contribution in [3.05, 3.63) is 59.7 Å². The average Bonchev–Trinajstić information content (AvgIpc) is 2.53. The summed E-state index contributed by atoms with van der Waals surface area (Å²) in [6.07, 6.45) is 1.44. The van der Waals surface area contributed by atoms with Crippen LogP contribution in [0.5, 0.6) is 5.75 Å². The molecule has 0 saturated carbocycles. The number of benzene rings is 2. The molecule has 2 aromatic rings. The summed E-state index contributed by atoms with van der Waals surface area (Å²) in [6, 6.07) is 16.3. The molecule has 2 aromatic carbocycles. The van der Waals surface area contributed by atoms with Crippen LogP contribution in [0.4, 0.5) is 5.69 Å². The van der Waals surface area contributed by atoms with E-state index < -0.39 is 0 Å². The standard InChI is InChI=1S/C18H19NO2/c1-19-17-6-4-3-5-16(17)14(12-18(19)20)11-13-7-9-15(21-2)10-8-13/h3-10,14H,11-12H2,1-2H3. The van der Waals surface area contributed by atoms with E-state index in [1.807, 2.05) is 37.4 Å². The largest absolute Gasteiger partial charge is 0.497 e. The van der Waals surface area contributed by atoms with Gasteiger partial charge in [-0.3, -0.25) is 4.79 Å². The number of para-hydroxylation sites is 1. The van der Waals surface area contributed by atoms with Crippen LogP contribution in [-0.2, 0) is 11.2 Å². The van der Waals surface area contributed by atoms with Gasteiger partial charge in [-0.1, -0.05) is 30.3 Å². The van der Waals surface area contributed by atoms with Gasteiger partial charge < -0.3 is 9.64 Å². The van der Waals surface area contributed by atoms with E-state index in [0.29, 0.717) is 6.42 Å². The summed E-state index contributed by atoms with van der Waals surface area (Å²) in [5.74, 6) is 1.30. The summed E-state index contributed by atoms with van der Waals surface area (Å²) in [6.45, 7) is 0. The lowest BCUT2D eigenvalue weighted by Crippen LogP contribution is -2.33. The van der Waals surface area contributed by atoms with Crippen LogP contribution in [0.25, 0.3) is 0 Å². The molecule has 1 atom stereocenters. The molecule has 0 saturated heterocycles. The predicted molar refractivity (Wildman–Crippen MR) is 83.9 cm³/mol. The summed E-state index contributed by atoms with van der Waals surface area (Å²) >= 11 is 0. The normalized spacial score (nSPS) is 17.5. The maximum Gasteiger partial charge on any atom is 0.227 e. The van der Waals surface area contributed by atoms with Gasteiger partial charge in [0.15, 0.2) is 0 Å². The van der Waals surface area contributed by atoms with E-state index in [1.54, 1.807) is 12.0 Å². The molecule has 0 aliphatic carbocycles. The molecule has 3 heteroatoms. The first-order valence-corrected chi connectivity index (χ1v) is 7.17. The molecule has 21 heavy (non-hydrogen) atoms. The lowest BCUT2D eigenvalue weighted by molar-refractivity contribution is -0.119. The number of hydrogen-bond acceptors (Lipinski definition) is 2. The van der Waals surface area contributed by atoms with E-state index >= 15 is 0 Å². The van der Waals surface area contributed by atoms with Crippen molar-refractivity contribution in [2.75, 3.05) is 19.1 Å². The van der Waals surface area contributed by atoms with Crippen molar-refractivity contribution >= 4 is 11.6 Å². The number of fused-ring (bicyclic) bond motifs is 1. The fraction of sp³-hybridized carbons (Fsp3) is 0.278. The van der Waals surface area contributed by atoms with Crippen LogP contribution in [-0.4, -0.2) is 20.1 Å². The molecule has 0 bridgehead atoms. The Hall–Kier alpha value is -2.29. The Morgan fingerprint density at radius 2 is 1.86 bits per heavy atom. The smallest absolute Gasteiger partial charge is 0.227 e. The first-order chi connectivity index (χ1) is 10.2. The lowest BCUT2D eigenvalue weighted by atomic mass is 9.85. The van der Waals surface area contributed by atoms with Gasteiger partial charge in [0.05, 0.1) is 7.11 Å². The second-order valence-corrected chi connectivity index (χ2v) is 5.46. The molecule has 1 heterocycles. The molecule has 1 amide bonds. The quantitative estimate of drug-likeness (QED) is 0.863. The number of methoxy groups -OCH3 is 1. The minimum Gasteiger partial charge on any atom is -0.497 e. The third-order valence-electron chi connectivity index (χ3n) is 4.17. The molecule has 0 radical (unpaired) electrons. The van der Waals surface area contributed by atoms with Gasteiger partial charge in [-0.2, -0.15) is 0 Å². The van der Waals surface area contributed by atoms with Gasteiger partial charge in [0.1, 0.15) is 5.75 Å². The highest BCUT2D eigenvalue weighted by molar-refractivity contribution is 5.96. The van der Waals surface area contributed by atoms with E-state index in [4.69, 9.17) is 4.74 Å². The van der Waals surface area contributed by atoms with Gasteiger partial charge in [-0.25, -0.2) is 0 Å². The third-order valence-corrected chi connectivity index (χ3v) is 4.17. The average molecular weight is 281 g/mol. The van der Waals surface area contributed by atoms with Crippen molar-refractivity contribution in [1.29, 1.82) is 0 Å². The Balaban J connectivity index is 1.88.